The molecule has 0 fully saturated rings. The first-order chi connectivity index (χ1) is 10.1. The Bertz CT molecular complexity index is 599. The lowest BCUT2D eigenvalue weighted by atomic mass is 10.3. The molecule has 1 unspecified atom stereocenters. The topological polar surface area (TPSA) is 77.5 Å². The predicted octanol–water partition coefficient (Wildman–Crippen LogP) is 2.67. The fourth-order valence-corrected chi connectivity index (χ4v) is 2.73. The van der Waals surface area contributed by atoms with Gasteiger partial charge < -0.3 is 20.2 Å². The van der Waals surface area contributed by atoms with Crippen LogP contribution in [-0.2, 0) is 11.3 Å². The lowest BCUT2D eigenvalue weighted by Gasteiger charge is -2.14. The lowest BCUT2D eigenvalue weighted by Crippen LogP contribution is -2.30. The number of ether oxygens (including phenoxy) is 1. The average molecular weight is 306 g/mol. The van der Waals surface area contributed by atoms with E-state index in [9.17, 15) is 4.79 Å². The molecule has 3 N–H and O–H groups in total. The Morgan fingerprint density at radius 3 is 2.95 bits per heavy atom. The second-order valence-electron chi connectivity index (χ2n) is 4.47. The van der Waals surface area contributed by atoms with Crippen LogP contribution in [0.15, 0.2) is 45.9 Å². The minimum absolute atomic E-state index is 0.0599. The summed E-state index contributed by atoms with van der Waals surface area (Å²) >= 11 is 1.43. The Morgan fingerprint density at radius 2 is 2.29 bits per heavy atom. The molecule has 0 bridgehead atoms. The zero-order chi connectivity index (χ0) is 15.2. The van der Waals surface area contributed by atoms with E-state index in [1.807, 2.05) is 19.1 Å². The zero-order valence-electron chi connectivity index (χ0n) is 12.0. The van der Waals surface area contributed by atoms with Gasteiger partial charge in [0.2, 0.25) is 5.91 Å². The first-order valence-electron chi connectivity index (χ1n) is 6.50. The van der Waals surface area contributed by atoms with Crippen molar-refractivity contribution in [3.63, 3.8) is 0 Å². The van der Waals surface area contributed by atoms with Crippen LogP contribution in [0, 0.1) is 0 Å². The monoisotopic (exact) mass is 306 g/mol. The summed E-state index contributed by atoms with van der Waals surface area (Å²) < 4.78 is 10.5. The van der Waals surface area contributed by atoms with Gasteiger partial charge in [0.25, 0.3) is 0 Å². The summed E-state index contributed by atoms with van der Waals surface area (Å²) in [6.45, 7) is 2.23. The molecule has 6 heteroatoms. The zero-order valence-corrected chi connectivity index (χ0v) is 12.8. The van der Waals surface area contributed by atoms with Gasteiger partial charge in [-0.15, -0.1) is 11.8 Å². The molecule has 0 radical (unpaired) electrons. The molecular formula is C15H18N2O3S. The van der Waals surface area contributed by atoms with Gasteiger partial charge in [-0.3, -0.25) is 4.79 Å². The van der Waals surface area contributed by atoms with Crippen LogP contribution in [0.2, 0.25) is 0 Å². The van der Waals surface area contributed by atoms with Gasteiger partial charge in [0.1, 0.15) is 11.5 Å². The number of benzene rings is 1. The van der Waals surface area contributed by atoms with Crippen LogP contribution < -0.4 is 15.8 Å². The summed E-state index contributed by atoms with van der Waals surface area (Å²) in [6, 6.07) is 9.00. The van der Waals surface area contributed by atoms with Crippen LogP contribution in [0.1, 0.15) is 12.7 Å². The number of hydrogen-bond acceptors (Lipinski definition) is 5. The molecule has 2 aromatic rings. The van der Waals surface area contributed by atoms with Gasteiger partial charge in [0, 0.05) is 11.8 Å². The highest BCUT2D eigenvalue weighted by Crippen LogP contribution is 2.33. The molecule has 21 heavy (non-hydrogen) atoms. The molecule has 1 heterocycles. The van der Waals surface area contributed by atoms with Crippen molar-refractivity contribution in [3.8, 4) is 5.75 Å². The molecule has 1 amide bonds. The first kappa shape index (κ1) is 15.3. The van der Waals surface area contributed by atoms with E-state index < -0.39 is 0 Å². The number of rotatable bonds is 6. The van der Waals surface area contributed by atoms with E-state index in [2.05, 4.69) is 5.32 Å². The second-order valence-corrected chi connectivity index (χ2v) is 5.85. The number of thioether (sulfide) groups is 1. The van der Waals surface area contributed by atoms with E-state index in [1.54, 1.807) is 31.6 Å². The molecule has 0 aliphatic rings. The van der Waals surface area contributed by atoms with Crippen molar-refractivity contribution in [2.24, 2.45) is 0 Å². The molecule has 1 aromatic carbocycles. The molecular weight excluding hydrogens is 288 g/mol. The average Bonchev–Trinajstić information content (AvgIpc) is 2.99. The highest BCUT2D eigenvalue weighted by molar-refractivity contribution is 8.00. The Morgan fingerprint density at radius 1 is 1.48 bits per heavy atom. The Hall–Kier alpha value is -2.08. The number of amides is 1. The van der Waals surface area contributed by atoms with E-state index in [1.165, 1.54) is 11.8 Å². The van der Waals surface area contributed by atoms with E-state index in [0.29, 0.717) is 18.0 Å². The Labute approximate surface area is 127 Å². The summed E-state index contributed by atoms with van der Waals surface area (Å²) in [5.74, 6) is 1.34. The maximum Gasteiger partial charge on any atom is 0.233 e. The fraction of sp³-hybridized carbons (Fsp3) is 0.267. The quantitative estimate of drug-likeness (QED) is 0.634. The molecule has 0 saturated carbocycles. The predicted molar refractivity (Wildman–Crippen MR) is 83.3 cm³/mol. The third-order valence-corrected chi connectivity index (χ3v) is 4.04. The minimum atomic E-state index is -0.252. The third-order valence-electron chi connectivity index (χ3n) is 2.88. The molecule has 5 nitrogen and oxygen atoms in total. The summed E-state index contributed by atoms with van der Waals surface area (Å²) in [4.78, 5) is 13.0. The molecule has 0 saturated heterocycles. The molecule has 1 atom stereocenters. The molecule has 0 aliphatic carbocycles. The van der Waals surface area contributed by atoms with Crippen molar-refractivity contribution >= 4 is 23.4 Å². The lowest BCUT2D eigenvalue weighted by molar-refractivity contribution is -0.120. The first-order valence-corrected chi connectivity index (χ1v) is 7.38. The third kappa shape index (κ3) is 4.19. The number of hydrogen-bond donors (Lipinski definition) is 2. The maximum absolute atomic E-state index is 12.1. The van der Waals surface area contributed by atoms with Crippen LogP contribution in [0.4, 0.5) is 5.69 Å². The number of carbonyl (C=O) groups excluding carboxylic acids is 1. The number of carbonyl (C=O) groups is 1. The van der Waals surface area contributed by atoms with E-state index >= 15 is 0 Å². The van der Waals surface area contributed by atoms with Crippen molar-refractivity contribution in [2.45, 2.75) is 23.6 Å². The Kier molecular flexibility index (Phi) is 5.16. The van der Waals surface area contributed by atoms with E-state index in [-0.39, 0.29) is 11.2 Å². The smallest absolute Gasteiger partial charge is 0.233 e. The highest BCUT2D eigenvalue weighted by Gasteiger charge is 2.16. The summed E-state index contributed by atoms with van der Waals surface area (Å²) in [5, 5.41) is 2.58. The number of anilines is 1. The van der Waals surface area contributed by atoms with E-state index in [4.69, 9.17) is 14.9 Å². The molecule has 0 spiro atoms. The van der Waals surface area contributed by atoms with Crippen LogP contribution >= 0.6 is 11.8 Å². The largest absolute Gasteiger partial charge is 0.496 e. The number of methoxy groups -OCH3 is 1. The number of nitrogens with two attached hydrogens (primary N) is 1. The number of nitrogens with one attached hydrogen (secondary N) is 1. The van der Waals surface area contributed by atoms with Gasteiger partial charge in [-0.05, 0) is 31.2 Å². The molecule has 1 aromatic heterocycles. The molecule has 0 aliphatic heterocycles. The van der Waals surface area contributed by atoms with Crippen molar-refractivity contribution in [1.82, 2.24) is 5.32 Å². The van der Waals surface area contributed by atoms with Gasteiger partial charge in [-0.1, -0.05) is 0 Å². The summed E-state index contributed by atoms with van der Waals surface area (Å²) in [6.07, 6.45) is 1.58. The van der Waals surface area contributed by atoms with Crippen molar-refractivity contribution in [2.75, 3.05) is 12.8 Å². The van der Waals surface area contributed by atoms with Crippen molar-refractivity contribution in [1.29, 1.82) is 0 Å². The summed E-state index contributed by atoms with van der Waals surface area (Å²) in [7, 11) is 1.58. The number of furan rings is 1. The van der Waals surface area contributed by atoms with Crippen LogP contribution in [0.3, 0.4) is 0 Å². The number of nitrogen functional groups attached to an aromatic ring is 1. The van der Waals surface area contributed by atoms with Gasteiger partial charge in [0.15, 0.2) is 0 Å². The van der Waals surface area contributed by atoms with Gasteiger partial charge in [-0.25, -0.2) is 0 Å². The van der Waals surface area contributed by atoms with Crippen molar-refractivity contribution in [3.05, 3.63) is 42.4 Å². The van der Waals surface area contributed by atoms with E-state index in [0.717, 1.165) is 10.7 Å². The van der Waals surface area contributed by atoms with Gasteiger partial charge in [0.05, 0.1) is 30.1 Å². The Balaban J connectivity index is 1.94. The van der Waals surface area contributed by atoms with Crippen LogP contribution in [-0.4, -0.2) is 18.3 Å². The van der Waals surface area contributed by atoms with Crippen molar-refractivity contribution < 1.29 is 13.9 Å². The van der Waals surface area contributed by atoms with Gasteiger partial charge in [-0.2, -0.15) is 0 Å². The minimum Gasteiger partial charge on any atom is -0.496 e. The second kappa shape index (κ2) is 7.08. The van der Waals surface area contributed by atoms with Crippen LogP contribution in [0.25, 0.3) is 0 Å². The highest BCUT2D eigenvalue weighted by atomic mass is 32.2. The molecule has 112 valence electrons. The normalized spacial score (nSPS) is 11.9. The SMILES string of the molecule is COc1cc(N)ccc1SC(C)C(=O)NCc1ccco1. The maximum atomic E-state index is 12.1. The summed E-state index contributed by atoms with van der Waals surface area (Å²) in [5.41, 5.74) is 6.35. The van der Waals surface area contributed by atoms with Crippen LogP contribution in [0.5, 0.6) is 5.75 Å². The fourth-order valence-electron chi connectivity index (χ4n) is 1.76. The standard InChI is InChI=1S/C15H18N2O3S/c1-10(15(18)17-9-12-4-3-7-20-12)21-14-6-5-11(16)8-13(14)19-2/h3-8,10H,9,16H2,1-2H3,(H,17,18). The molecule has 2 rings (SSSR count). The van der Waals surface area contributed by atoms with Gasteiger partial charge >= 0.3 is 0 Å².